The minimum atomic E-state index is -0.608. The number of carbonyl (C=O) groups is 2. The van der Waals surface area contributed by atoms with E-state index in [0.29, 0.717) is 12.1 Å². The van der Waals surface area contributed by atoms with E-state index in [1.165, 1.54) is 17.5 Å². The SMILES string of the molecule is CCCCN1C(=O)C(=O)/C(=C(/O)c2ccc3c(c2)CCCC3)C1c1c(C)[nH]c2ccccc12. The zero-order valence-corrected chi connectivity index (χ0v) is 19.3. The number of nitrogens with one attached hydrogen (secondary N) is 1. The first-order valence-electron chi connectivity index (χ1n) is 12.0. The van der Waals surface area contributed by atoms with E-state index in [4.69, 9.17) is 0 Å². The quantitative estimate of drug-likeness (QED) is 0.308. The van der Waals surface area contributed by atoms with Crippen molar-refractivity contribution in [2.45, 2.75) is 58.4 Å². The number of H-pyrrole nitrogens is 1. The van der Waals surface area contributed by atoms with Crippen LogP contribution in [0.15, 0.2) is 48.0 Å². The number of fused-ring (bicyclic) bond motifs is 2. The van der Waals surface area contributed by atoms with Gasteiger partial charge in [0.05, 0.1) is 11.6 Å². The van der Waals surface area contributed by atoms with Gasteiger partial charge >= 0.3 is 0 Å². The van der Waals surface area contributed by atoms with Gasteiger partial charge in [-0.05, 0) is 62.3 Å². The number of ketones is 1. The molecule has 2 aliphatic rings. The van der Waals surface area contributed by atoms with Crippen molar-refractivity contribution in [2.75, 3.05) is 6.54 Å². The lowest BCUT2D eigenvalue weighted by Gasteiger charge is -2.25. The molecule has 1 amide bonds. The van der Waals surface area contributed by atoms with E-state index in [0.717, 1.165) is 54.3 Å². The molecule has 5 heteroatoms. The molecule has 2 N–H and O–H groups in total. The number of rotatable bonds is 5. The van der Waals surface area contributed by atoms with E-state index in [1.54, 1.807) is 4.90 Å². The Hall–Kier alpha value is -3.34. The average Bonchev–Trinajstić information content (AvgIpc) is 3.29. The summed E-state index contributed by atoms with van der Waals surface area (Å²) in [6.07, 6.45) is 6.05. The molecular weight excluding hydrogens is 412 g/mol. The first kappa shape index (κ1) is 21.5. The van der Waals surface area contributed by atoms with E-state index in [2.05, 4.69) is 18.0 Å². The van der Waals surface area contributed by atoms with E-state index in [1.807, 2.05) is 43.3 Å². The van der Waals surface area contributed by atoms with Gasteiger partial charge in [0.1, 0.15) is 5.76 Å². The molecule has 0 bridgehead atoms. The Labute approximate surface area is 194 Å². The van der Waals surface area contributed by atoms with Crippen LogP contribution in [0.2, 0.25) is 0 Å². The molecule has 1 fully saturated rings. The third kappa shape index (κ3) is 3.56. The zero-order valence-electron chi connectivity index (χ0n) is 19.3. The maximum absolute atomic E-state index is 13.3. The zero-order chi connectivity index (χ0) is 23.1. The molecule has 2 aromatic carbocycles. The molecule has 1 aromatic heterocycles. The minimum Gasteiger partial charge on any atom is -0.507 e. The highest BCUT2D eigenvalue weighted by molar-refractivity contribution is 6.46. The fourth-order valence-electron chi connectivity index (χ4n) is 5.43. The highest BCUT2D eigenvalue weighted by Gasteiger charge is 2.47. The lowest BCUT2D eigenvalue weighted by atomic mass is 9.88. The van der Waals surface area contributed by atoms with Gasteiger partial charge < -0.3 is 15.0 Å². The summed E-state index contributed by atoms with van der Waals surface area (Å²) in [5.74, 6) is -1.20. The van der Waals surface area contributed by atoms with Crippen LogP contribution in [0.4, 0.5) is 0 Å². The molecule has 2 heterocycles. The van der Waals surface area contributed by atoms with Crippen LogP contribution in [0.25, 0.3) is 16.7 Å². The van der Waals surface area contributed by atoms with Gasteiger partial charge in [-0.2, -0.15) is 0 Å². The maximum atomic E-state index is 13.3. The number of hydrogen-bond acceptors (Lipinski definition) is 3. The van der Waals surface area contributed by atoms with Crippen molar-refractivity contribution in [2.24, 2.45) is 0 Å². The number of Topliss-reactive ketones (excluding diaryl/α,β-unsaturated/α-hetero) is 1. The predicted molar refractivity (Wildman–Crippen MR) is 130 cm³/mol. The number of aryl methyl sites for hydroxylation is 3. The smallest absolute Gasteiger partial charge is 0.295 e. The first-order chi connectivity index (χ1) is 16.0. The summed E-state index contributed by atoms with van der Waals surface area (Å²) in [6.45, 7) is 4.51. The second-order valence-electron chi connectivity index (χ2n) is 9.25. The van der Waals surface area contributed by atoms with Crippen molar-refractivity contribution in [3.8, 4) is 0 Å². The molecule has 5 rings (SSSR count). The van der Waals surface area contributed by atoms with Gasteiger partial charge in [-0.15, -0.1) is 0 Å². The molecular formula is C28H30N2O3. The number of benzene rings is 2. The Morgan fingerprint density at radius 3 is 2.64 bits per heavy atom. The van der Waals surface area contributed by atoms with Crippen LogP contribution < -0.4 is 0 Å². The van der Waals surface area contributed by atoms with E-state index in [9.17, 15) is 14.7 Å². The summed E-state index contributed by atoms with van der Waals surface area (Å²) >= 11 is 0. The second kappa shape index (κ2) is 8.54. The molecule has 33 heavy (non-hydrogen) atoms. The molecule has 0 saturated carbocycles. The van der Waals surface area contributed by atoms with Crippen molar-refractivity contribution in [1.82, 2.24) is 9.88 Å². The summed E-state index contributed by atoms with van der Waals surface area (Å²) in [5, 5.41) is 12.4. The van der Waals surface area contributed by atoms with Gasteiger partial charge in [-0.1, -0.05) is 43.7 Å². The Morgan fingerprint density at radius 2 is 1.85 bits per heavy atom. The number of nitrogens with zero attached hydrogens (tertiary/aromatic N) is 1. The molecule has 5 nitrogen and oxygen atoms in total. The standard InChI is InChI=1S/C28H30N2O3/c1-3-4-15-30-25(23-17(2)29-22-12-8-7-11-21(22)23)24(27(32)28(30)33)26(31)20-14-13-18-9-5-6-10-19(18)16-20/h7-8,11-14,16,25,29,31H,3-6,9-10,15H2,1-2H3/b26-24+. The second-order valence-corrected chi connectivity index (χ2v) is 9.25. The highest BCUT2D eigenvalue weighted by atomic mass is 16.3. The summed E-state index contributed by atoms with van der Waals surface area (Å²) < 4.78 is 0. The fourth-order valence-corrected chi connectivity index (χ4v) is 5.43. The topological polar surface area (TPSA) is 73.4 Å². The summed E-state index contributed by atoms with van der Waals surface area (Å²) in [5.41, 5.74) is 6.10. The molecule has 0 spiro atoms. The van der Waals surface area contributed by atoms with Crippen LogP contribution in [0.5, 0.6) is 0 Å². The Morgan fingerprint density at radius 1 is 1.09 bits per heavy atom. The molecule has 1 unspecified atom stereocenters. The third-order valence-corrected chi connectivity index (χ3v) is 7.13. The number of aromatic nitrogens is 1. The van der Waals surface area contributed by atoms with Gasteiger partial charge in [0.2, 0.25) is 0 Å². The van der Waals surface area contributed by atoms with Crippen LogP contribution in [-0.2, 0) is 22.4 Å². The average molecular weight is 443 g/mol. The largest absolute Gasteiger partial charge is 0.507 e. The summed E-state index contributed by atoms with van der Waals surface area (Å²) in [4.78, 5) is 31.5. The summed E-state index contributed by atoms with van der Waals surface area (Å²) in [7, 11) is 0. The van der Waals surface area contributed by atoms with Crippen LogP contribution in [-0.4, -0.2) is 33.2 Å². The van der Waals surface area contributed by atoms with Crippen molar-refractivity contribution < 1.29 is 14.7 Å². The lowest BCUT2D eigenvalue weighted by molar-refractivity contribution is -0.139. The van der Waals surface area contributed by atoms with E-state index >= 15 is 0 Å². The molecule has 1 aliphatic carbocycles. The molecule has 0 radical (unpaired) electrons. The maximum Gasteiger partial charge on any atom is 0.295 e. The number of hydrogen-bond donors (Lipinski definition) is 2. The van der Waals surface area contributed by atoms with Crippen molar-refractivity contribution in [3.05, 3.63) is 76.0 Å². The van der Waals surface area contributed by atoms with Gasteiger partial charge in [0, 0.05) is 34.3 Å². The Bertz CT molecular complexity index is 1280. The van der Waals surface area contributed by atoms with Gasteiger partial charge in [0.15, 0.2) is 0 Å². The fraction of sp³-hybridized carbons (Fsp3) is 0.357. The van der Waals surface area contributed by atoms with Crippen molar-refractivity contribution in [3.63, 3.8) is 0 Å². The lowest BCUT2D eigenvalue weighted by Crippen LogP contribution is -2.30. The molecule has 3 aromatic rings. The Kier molecular flexibility index (Phi) is 5.57. The van der Waals surface area contributed by atoms with Crippen LogP contribution >= 0.6 is 0 Å². The number of aliphatic hydroxyl groups is 1. The number of unbranched alkanes of at least 4 members (excludes halogenated alkanes) is 1. The molecule has 1 aliphatic heterocycles. The summed E-state index contributed by atoms with van der Waals surface area (Å²) in [6, 6.07) is 13.3. The number of para-hydroxylation sites is 1. The van der Waals surface area contributed by atoms with Gasteiger partial charge in [0.25, 0.3) is 11.7 Å². The highest BCUT2D eigenvalue weighted by Crippen LogP contribution is 2.43. The number of amides is 1. The predicted octanol–water partition coefficient (Wildman–Crippen LogP) is 5.58. The minimum absolute atomic E-state index is 0.0737. The number of likely N-dealkylation sites (tertiary alicyclic amines) is 1. The van der Waals surface area contributed by atoms with E-state index < -0.39 is 17.7 Å². The Balaban J connectivity index is 1.71. The molecule has 1 saturated heterocycles. The van der Waals surface area contributed by atoms with Crippen LogP contribution in [0, 0.1) is 6.92 Å². The van der Waals surface area contributed by atoms with Gasteiger partial charge in [-0.25, -0.2) is 0 Å². The normalized spacial score (nSPS) is 19.9. The molecule has 170 valence electrons. The van der Waals surface area contributed by atoms with Crippen molar-refractivity contribution >= 4 is 28.4 Å². The number of aliphatic hydroxyl groups excluding tert-OH is 1. The third-order valence-electron chi connectivity index (χ3n) is 7.13. The van der Waals surface area contributed by atoms with Gasteiger partial charge in [-0.3, -0.25) is 9.59 Å². The molecule has 1 atom stereocenters. The number of aromatic amines is 1. The first-order valence-corrected chi connectivity index (χ1v) is 12.0. The number of carbonyl (C=O) groups excluding carboxylic acids is 2. The monoisotopic (exact) mass is 442 g/mol. The van der Waals surface area contributed by atoms with Crippen LogP contribution in [0.1, 0.15) is 66.6 Å². The van der Waals surface area contributed by atoms with Crippen LogP contribution in [0.3, 0.4) is 0 Å². The van der Waals surface area contributed by atoms with Crippen molar-refractivity contribution in [1.29, 1.82) is 0 Å². The van der Waals surface area contributed by atoms with E-state index in [-0.39, 0.29) is 11.3 Å².